The number of carbonyl (C=O) groups is 14. The fourth-order valence-corrected chi connectivity index (χ4v) is 13.4. The van der Waals surface area contributed by atoms with E-state index in [2.05, 4.69) is 56.0 Å². The van der Waals surface area contributed by atoms with E-state index in [1.165, 1.54) is 61.9 Å². The monoisotopic (exact) mass is 2060 g/mol. The molecule has 37 nitrogen and oxygen atoms in total. The highest BCUT2D eigenvalue weighted by Gasteiger charge is 2.35. The number of Topliss-reactive ketones (excluding diaryl/α,β-unsaturated/α-hetero) is 3. The molecule has 0 saturated carbocycles. The molecular weight excluding hydrogens is 1940 g/mol. The Morgan fingerprint density at radius 2 is 0.993 bits per heavy atom. The minimum Gasteiger partial charge on any atom is -1.00 e. The molecule has 1 aliphatic carbocycles. The summed E-state index contributed by atoms with van der Waals surface area (Å²) in [4.78, 5) is 179. The number of imide groups is 1. The maximum absolute atomic E-state index is 12.2. The largest absolute Gasteiger partial charge is 1.00 e. The predicted octanol–water partition coefficient (Wildman–Crippen LogP) is 7.29. The number of hydrogen-bond acceptors (Lipinski definition) is 34. The first kappa shape index (κ1) is 124. The van der Waals surface area contributed by atoms with Crippen LogP contribution in [0, 0.1) is 5.16 Å². The van der Waals surface area contributed by atoms with E-state index in [4.69, 9.17) is 59.6 Å². The van der Waals surface area contributed by atoms with E-state index in [-0.39, 0.29) is 98.9 Å². The summed E-state index contributed by atoms with van der Waals surface area (Å²) in [6.45, 7) is 9.36. The number of aliphatic imine (C=N–C) groups is 3. The van der Waals surface area contributed by atoms with Gasteiger partial charge in [0.2, 0.25) is 5.91 Å². The van der Waals surface area contributed by atoms with E-state index in [9.17, 15) is 67.1 Å². The number of nitrogens with one attached hydrogen (secondary N) is 3. The SMILES string of the molecule is C=CCCC(=O)CCC1=NC(C(=O)OC)=C(c2ccc(OC)cc2)C1.CCC(=O)NC(C(=O)OC)C(=O)c1ccc(OC)cc1.CCC1=NC(C(=O)OC)=C(c2ccc(OC)cc2)C1.COC(=O)C(N)C(=O)c1ccc(OC)cc1.COC(=O)CN.COC(=O)CN=C(c1ccccc1)c1ccccc1.CP=N.O=C(CNC(=O)OCC1c2ccccc2-c2ccccc21)ON1C(=O)CCC1=O.OC1CCCO1.[Cl-].[Cl-]. The maximum Gasteiger partial charge on any atom is 0.407 e. The fourth-order valence-electron chi connectivity index (χ4n) is 13.4. The summed E-state index contributed by atoms with van der Waals surface area (Å²) >= 11 is 0. The molecule has 2 saturated heterocycles. The Kier molecular flexibility index (Phi) is 58.3. The molecule has 8 aromatic carbocycles. The Hall–Kier alpha value is -15.1. The molecular formula is C105H122Cl2N9O28P-2. The zero-order chi connectivity index (χ0) is 105. The van der Waals surface area contributed by atoms with Gasteiger partial charge in [0.1, 0.15) is 48.5 Å². The number of esters is 6. The summed E-state index contributed by atoms with van der Waals surface area (Å²) in [7, 11) is 14.7. The average Bonchev–Trinajstić information content (AvgIpc) is 1.61. The molecule has 4 amide bonds. The van der Waals surface area contributed by atoms with Crippen LogP contribution in [-0.4, -0.2) is 239 Å². The second-order valence-corrected chi connectivity index (χ2v) is 30.7. The van der Waals surface area contributed by atoms with Crippen LogP contribution < -0.4 is 65.9 Å². The molecule has 5 aliphatic rings. The summed E-state index contributed by atoms with van der Waals surface area (Å²) in [5, 5.41) is 19.7. The van der Waals surface area contributed by atoms with Gasteiger partial charge in [-0.1, -0.05) is 153 Å². The van der Waals surface area contributed by atoms with Gasteiger partial charge >= 0.3 is 47.9 Å². The van der Waals surface area contributed by atoms with Crippen molar-refractivity contribution in [2.75, 3.05) is 111 Å². The lowest BCUT2D eigenvalue weighted by molar-refractivity contribution is -0.196. The number of nitrogens with two attached hydrogens (primary N) is 2. The fraction of sp³-hybridized carbons (Fsp3) is 0.324. The number of hydroxylamine groups is 2. The van der Waals surface area contributed by atoms with Crippen LogP contribution in [-0.2, 0) is 95.5 Å². The second kappa shape index (κ2) is 68.1. The first-order valence-electron chi connectivity index (χ1n) is 44.8. The standard InChI is InChI=1S/C21H18N2O6.C20H23NO4.C16H15NO2.C15H17NO3.C14H17NO5.C11H13NO4.C4H8O2.C3H7NO2.CH4NP.2ClH/c24-18-9-10-19(25)23(18)29-20(26)11-22-21(27)28-12-17-15-7-3-1-5-13(15)14-6-2-4-8-16(14)17;1-4-5-6-16(22)10-9-15-13-18(19(21-15)20(23)25-3)14-7-11-17(24-2)12-8-14;1-19-15(18)12-17-16(13-8-4-2-5-9-13)14-10-6-3-7-11-14;1-4-11-9-13(14(16-11)15(17)19-3)10-5-7-12(18-2)8-6-10;1-4-11(16)15-12(14(18)20-3)13(17)9-5-7-10(19-2)8-6-9;1-15-8-5-3-7(4-6-8)10(13)9(12)11(14)16-2;5-4-2-1-3-6-4;1-6-3(5)2-4;1-3-2;;/h1-8,17H,9-12H2,(H,22,27);4,7-8,11-12H,1,5-6,9-10,13H2,2-3H3;2-11H,12H2,1H3;5-8H,4,9H2,1-3H3;5-8,12H,4H2,1-3H3,(H,15,16);3-6,9H,12H2,1-2H3;4-5H,1-3H2;2,4H2,1H3;2H,1H3;2*1H/p-2. The van der Waals surface area contributed by atoms with E-state index in [0.29, 0.717) is 80.4 Å². The summed E-state index contributed by atoms with van der Waals surface area (Å²) in [6.07, 6.45) is 6.76. The van der Waals surface area contributed by atoms with Crippen molar-refractivity contribution >= 4 is 120 Å². The van der Waals surface area contributed by atoms with Crippen LogP contribution in [0.15, 0.2) is 245 Å². The number of hydrogen-bond donors (Lipinski definition) is 6. The van der Waals surface area contributed by atoms with E-state index >= 15 is 0 Å². The second-order valence-electron chi connectivity index (χ2n) is 30.3. The normalized spacial score (nSPS) is 13.2. The van der Waals surface area contributed by atoms with Gasteiger partial charge in [0.25, 0.3) is 11.8 Å². The van der Waals surface area contributed by atoms with Crippen molar-refractivity contribution < 1.29 is 159 Å². The van der Waals surface area contributed by atoms with Gasteiger partial charge in [-0.2, -0.15) is 0 Å². The maximum atomic E-state index is 12.2. The number of allylic oxidation sites excluding steroid dienone is 3. The number of fused-ring (bicyclic) bond motifs is 3. The first-order valence-corrected chi connectivity index (χ1v) is 46.2. The van der Waals surface area contributed by atoms with Crippen LogP contribution in [0.2, 0.25) is 0 Å². The van der Waals surface area contributed by atoms with Crippen molar-refractivity contribution in [3.63, 3.8) is 0 Å². The highest BCUT2D eigenvalue weighted by atomic mass is 35.5. The van der Waals surface area contributed by atoms with Gasteiger partial charge < -0.3 is 114 Å². The third-order valence-electron chi connectivity index (χ3n) is 21.0. The van der Waals surface area contributed by atoms with Crippen molar-refractivity contribution in [2.24, 2.45) is 26.4 Å². The molecule has 40 heteroatoms. The van der Waals surface area contributed by atoms with Crippen LogP contribution >= 0.6 is 8.37 Å². The number of ketones is 3. The van der Waals surface area contributed by atoms with Crippen molar-refractivity contribution in [3.05, 3.63) is 275 Å². The third kappa shape index (κ3) is 41.0. The molecule has 776 valence electrons. The number of aliphatic hydroxyl groups excluding tert-OH is 1. The Morgan fingerprint density at radius 1 is 0.559 bits per heavy atom. The highest BCUT2D eigenvalue weighted by molar-refractivity contribution is 7.23. The van der Waals surface area contributed by atoms with E-state index in [0.717, 1.165) is 117 Å². The number of amides is 4. The van der Waals surface area contributed by atoms with Crippen LogP contribution in [0.3, 0.4) is 0 Å². The van der Waals surface area contributed by atoms with Crippen LogP contribution in [0.5, 0.6) is 23.0 Å². The van der Waals surface area contributed by atoms with Crippen LogP contribution in [0.4, 0.5) is 4.79 Å². The average molecular weight is 2060 g/mol. The number of ether oxygens (including phenoxy) is 12. The topological polar surface area (TPSA) is 519 Å². The van der Waals surface area contributed by atoms with Gasteiger partial charge in [-0.25, -0.2) is 38.8 Å². The van der Waals surface area contributed by atoms with Gasteiger partial charge in [0.05, 0.1) is 83.4 Å². The minimum absolute atomic E-state index is 0. The molecule has 3 atom stereocenters. The van der Waals surface area contributed by atoms with Gasteiger partial charge in [-0.05, 0) is 158 Å². The van der Waals surface area contributed by atoms with Crippen molar-refractivity contribution in [1.82, 2.24) is 15.7 Å². The van der Waals surface area contributed by atoms with Crippen LogP contribution in [0.25, 0.3) is 22.3 Å². The van der Waals surface area contributed by atoms with E-state index in [1.807, 2.05) is 165 Å². The molecule has 0 bridgehead atoms. The van der Waals surface area contributed by atoms with Gasteiger partial charge in [-0.3, -0.25) is 48.5 Å². The molecule has 13 rings (SSSR count). The number of carbonyl (C=O) groups excluding carboxylic acids is 14. The summed E-state index contributed by atoms with van der Waals surface area (Å²) in [5.74, 6) is -3.76. The van der Waals surface area contributed by atoms with Crippen molar-refractivity contribution in [2.45, 2.75) is 115 Å². The van der Waals surface area contributed by atoms with Gasteiger partial charge in [-0.15, -0.1) is 11.6 Å². The number of aliphatic hydroxyl groups is 1. The summed E-state index contributed by atoms with van der Waals surface area (Å²) in [6, 6.07) is 60.5. The molecule has 145 heavy (non-hydrogen) atoms. The number of methoxy groups -OCH3 is 10. The number of alkyl carbamates (subject to hydrolysis) is 1. The molecule has 0 radical (unpaired) electrons. The van der Waals surface area contributed by atoms with Gasteiger partial charge in [0.15, 0.2) is 41.3 Å². The molecule has 4 heterocycles. The summed E-state index contributed by atoms with van der Waals surface area (Å²) in [5.41, 5.74) is 24.2. The quantitative estimate of drug-likeness (QED) is 0.00343. The zero-order valence-corrected chi connectivity index (χ0v) is 85.3. The molecule has 0 spiro atoms. The summed E-state index contributed by atoms with van der Waals surface area (Å²) < 4.78 is 57.6. The predicted molar refractivity (Wildman–Crippen MR) is 534 cm³/mol. The van der Waals surface area contributed by atoms with Crippen LogP contribution in [0.1, 0.15) is 151 Å². The molecule has 3 unspecified atom stereocenters. The Balaban J connectivity index is 0.000000436. The lowest BCUT2D eigenvalue weighted by Crippen LogP contribution is -3.00. The van der Waals surface area contributed by atoms with E-state index < -0.39 is 84.2 Å². The number of halogens is 2. The molecule has 8 aromatic rings. The number of nitrogens with zero attached hydrogens (tertiary/aromatic N) is 4. The lowest BCUT2D eigenvalue weighted by atomic mass is 9.98. The highest BCUT2D eigenvalue weighted by Crippen LogP contribution is 2.45. The van der Waals surface area contributed by atoms with E-state index in [1.54, 1.807) is 70.3 Å². The molecule has 0 aromatic heterocycles. The Bertz CT molecular complexity index is 5670. The lowest BCUT2D eigenvalue weighted by Gasteiger charge is -2.15. The zero-order valence-electron chi connectivity index (χ0n) is 82.9. The Labute approximate surface area is 855 Å². The molecule has 4 aliphatic heterocycles. The Morgan fingerprint density at radius 3 is 1.38 bits per heavy atom. The first-order chi connectivity index (χ1) is 68.9. The minimum atomic E-state index is -1.33. The number of rotatable bonds is 33. The van der Waals surface area contributed by atoms with Crippen molar-refractivity contribution in [1.29, 1.82) is 5.16 Å². The molecule has 8 N–H and O–H groups in total. The molecule has 2 fully saturated rings. The van der Waals surface area contributed by atoms with Gasteiger partial charge in [0, 0.05) is 97.6 Å². The third-order valence-corrected chi connectivity index (χ3v) is 21.0. The number of benzene rings is 8. The smallest absolute Gasteiger partial charge is 0.407 e. The van der Waals surface area contributed by atoms with Crippen molar-refractivity contribution in [3.8, 4) is 34.1 Å².